The summed E-state index contributed by atoms with van der Waals surface area (Å²) in [5.74, 6) is 0.486. The smallest absolute Gasteiger partial charge is 0.227 e. The molecule has 8 nitrogen and oxygen atoms in total. The molecule has 5 rings (SSSR count). The number of hydrogen-bond acceptors (Lipinski definition) is 8. The minimum absolute atomic E-state index is 0.361. The van der Waals surface area contributed by atoms with Crippen LogP contribution in [-0.4, -0.2) is 73.4 Å². The number of rotatable bonds is 8. The van der Waals surface area contributed by atoms with Crippen LogP contribution in [0, 0.1) is 5.82 Å². The third-order valence-electron chi connectivity index (χ3n) is 6.00. The lowest BCUT2D eigenvalue weighted by atomic mass is 10.1. The number of anilines is 3. The maximum Gasteiger partial charge on any atom is 0.227 e. The standard InChI is InChI=1S/C27H29FN6O2/c1-33(2)11-16-36-22-7-8-23(24(28)17-22)26-25-19(9-10-29-26)18-30-27(32-25)31-20-3-5-21(6-4-20)34-12-14-35-15-13-34/h3-10,17-18H,11-16H2,1-2H3,(H,30,31,32). The van der Waals surface area contributed by atoms with Gasteiger partial charge in [-0.1, -0.05) is 0 Å². The molecular formula is C27H29FN6O2. The quantitative estimate of drug-likeness (QED) is 0.392. The van der Waals surface area contributed by atoms with E-state index in [1.165, 1.54) is 6.07 Å². The predicted octanol–water partition coefficient (Wildman–Crippen LogP) is 4.35. The molecule has 2 aromatic heterocycles. The van der Waals surface area contributed by atoms with Gasteiger partial charge in [-0.15, -0.1) is 0 Å². The molecule has 186 valence electrons. The van der Waals surface area contributed by atoms with Crippen molar-refractivity contribution in [2.45, 2.75) is 0 Å². The van der Waals surface area contributed by atoms with Gasteiger partial charge in [0.05, 0.1) is 18.9 Å². The Morgan fingerprint density at radius 3 is 2.61 bits per heavy atom. The lowest BCUT2D eigenvalue weighted by Crippen LogP contribution is -2.36. The number of morpholine rings is 1. The van der Waals surface area contributed by atoms with Crippen LogP contribution in [0.5, 0.6) is 5.75 Å². The molecule has 0 saturated carbocycles. The normalized spacial score (nSPS) is 13.8. The topological polar surface area (TPSA) is 75.6 Å². The van der Waals surface area contributed by atoms with E-state index in [9.17, 15) is 0 Å². The fourth-order valence-electron chi connectivity index (χ4n) is 4.04. The molecule has 0 atom stereocenters. The third-order valence-corrected chi connectivity index (χ3v) is 6.00. The van der Waals surface area contributed by atoms with Crippen LogP contribution in [0.3, 0.4) is 0 Å². The van der Waals surface area contributed by atoms with E-state index in [1.54, 1.807) is 24.5 Å². The van der Waals surface area contributed by atoms with Crippen molar-refractivity contribution in [3.63, 3.8) is 0 Å². The number of benzene rings is 2. The van der Waals surface area contributed by atoms with Crippen LogP contribution >= 0.6 is 0 Å². The van der Waals surface area contributed by atoms with E-state index in [1.807, 2.05) is 37.2 Å². The Labute approximate surface area is 209 Å². The Kier molecular flexibility index (Phi) is 7.20. The first-order valence-corrected chi connectivity index (χ1v) is 12.0. The number of fused-ring (bicyclic) bond motifs is 1. The van der Waals surface area contributed by atoms with Gasteiger partial charge in [-0.3, -0.25) is 4.98 Å². The molecule has 4 aromatic rings. The second-order valence-electron chi connectivity index (χ2n) is 8.86. The molecule has 1 fully saturated rings. The molecule has 2 aromatic carbocycles. The largest absolute Gasteiger partial charge is 0.492 e. The van der Waals surface area contributed by atoms with Crippen molar-refractivity contribution in [3.05, 3.63) is 66.7 Å². The zero-order chi connectivity index (χ0) is 24.9. The van der Waals surface area contributed by atoms with Crippen molar-refractivity contribution >= 4 is 28.2 Å². The summed E-state index contributed by atoms with van der Waals surface area (Å²) in [6.07, 6.45) is 3.36. The van der Waals surface area contributed by atoms with Gasteiger partial charge in [0, 0.05) is 60.4 Å². The van der Waals surface area contributed by atoms with E-state index in [-0.39, 0.29) is 0 Å². The Morgan fingerprint density at radius 2 is 1.86 bits per heavy atom. The summed E-state index contributed by atoms with van der Waals surface area (Å²) in [5, 5.41) is 4.03. The fraction of sp³-hybridized carbons (Fsp3) is 0.296. The number of pyridine rings is 1. The number of nitrogens with one attached hydrogen (secondary N) is 1. The molecule has 0 unspecified atom stereocenters. The van der Waals surface area contributed by atoms with Crippen molar-refractivity contribution in [2.75, 3.05) is 63.8 Å². The average Bonchev–Trinajstić information content (AvgIpc) is 2.89. The van der Waals surface area contributed by atoms with E-state index >= 15 is 4.39 Å². The highest BCUT2D eigenvalue weighted by Gasteiger charge is 2.15. The summed E-state index contributed by atoms with van der Waals surface area (Å²) in [6.45, 7) is 4.49. The van der Waals surface area contributed by atoms with Crippen molar-refractivity contribution in [3.8, 4) is 17.0 Å². The fourth-order valence-corrected chi connectivity index (χ4v) is 4.04. The van der Waals surface area contributed by atoms with Gasteiger partial charge in [0.15, 0.2) is 0 Å². The molecule has 1 saturated heterocycles. The molecule has 0 spiro atoms. The molecule has 36 heavy (non-hydrogen) atoms. The monoisotopic (exact) mass is 488 g/mol. The number of hydrogen-bond donors (Lipinski definition) is 1. The molecule has 9 heteroatoms. The number of ether oxygens (including phenoxy) is 2. The van der Waals surface area contributed by atoms with Crippen LogP contribution in [0.15, 0.2) is 60.9 Å². The van der Waals surface area contributed by atoms with Gasteiger partial charge in [0.25, 0.3) is 0 Å². The maximum atomic E-state index is 15.1. The van der Waals surface area contributed by atoms with Crippen LogP contribution < -0.4 is 15.0 Å². The first-order chi connectivity index (χ1) is 17.6. The molecule has 1 aliphatic rings. The molecule has 0 bridgehead atoms. The minimum atomic E-state index is -0.413. The van der Waals surface area contributed by atoms with Crippen LogP contribution in [0.4, 0.5) is 21.7 Å². The first-order valence-electron chi connectivity index (χ1n) is 12.0. The van der Waals surface area contributed by atoms with E-state index < -0.39 is 5.82 Å². The summed E-state index contributed by atoms with van der Waals surface area (Å²) in [7, 11) is 3.93. The molecule has 0 radical (unpaired) electrons. The van der Waals surface area contributed by atoms with Gasteiger partial charge in [-0.2, -0.15) is 0 Å². The van der Waals surface area contributed by atoms with Crippen LogP contribution in [-0.2, 0) is 4.74 Å². The second kappa shape index (κ2) is 10.8. The Bertz CT molecular complexity index is 1330. The zero-order valence-corrected chi connectivity index (χ0v) is 20.4. The highest BCUT2D eigenvalue weighted by atomic mass is 19.1. The molecule has 3 heterocycles. The lowest BCUT2D eigenvalue weighted by Gasteiger charge is -2.28. The summed E-state index contributed by atoms with van der Waals surface area (Å²) in [6, 6.07) is 14.8. The summed E-state index contributed by atoms with van der Waals surface area (Å²) in [4.78, 5) is 17.9. The van der Waals surface area contributed by atoms with Crippen LogP contribution in [0.1, 0.15) is 0 Å². The van der Waals surface area contributed by atoms with Crippen molar-refractivity contribution in [1.82, 2.24) is 19.9 Å². The summed E-state index contributed by atoms with van der Waals surface area (Å²) in [5.41, 5.74) is 3.40. The predicted molar refractivity (Wildman–Crippen MR) is 140 cm³/mol. The zero-order valence-electron chi connectivity index (χ0n) is 20.4. The number of nitrogens with zero attached hydrogens (tertiary/aromatic N) is 5. The average molecular weight is 489 g/mol. The number of halogens is 1. The van der Waals surface area contributed by atoms with Crippen LogP contribution in [0.2, 0.25) is 0 Å². The number of aromatic nitrogens is 3. The maximum absolute atomic E-state index is 15.1. The minimum Gasteiger partial charge on any atom is -0.492 e. The molecule has 1 aliphatic heterocycles. The Balaban J connectivity index is 1.37. The van der Waals surface area contributed by atoms with Crippen LogP contribution in [0.25, 0.3) is 22.2 Å². The Morgan fingerprint density at radius 1 is 1.06 bits per heavy atom. The Hall–Kier alpha value is -3.82. The van der Waals surface area contributed by atoms with Crippen molar-refractivity contribution in [2.24, 2.45) is 0 Å². The van der Waals surface area contributed by atoms with Gasteiger partial charge in [0.2, 0.25) is 5.95 Å². The van der Waals surface area contributed by atoms with E-state index in [4.69, 9.17) is 9.47 Å². The van der Waals surface area contributed by atoms with Crippen molar-refractivity contribution in [1.29, 1.82) is 0 Å². The first kappa shape index (κ1) is 23.9. The van der Waals surface area contributed by atoms with Crippen molar-refractivity contribution < 1.29 is 13.9 Å². The summed E-state index contributed by atoms with van der Waals surface area (Å²) < 4.78 is 26.2. The lowest BCUT2D eigenvalue weighted by molar-refractivity contribution is 0.122. The SMILES string of the molecule is CN(C)CCOc1ccc(-c2nccc3cnc(Nc4ccc(N5CCOCC5)cc4)nc23)c(F)c1. The number of likely N-dealkylation sites (N-methyl/N-ethyl adjacent to an activating group) is 1. The van der Waals surface area contributed by atoms with Gasteiger partial charge in [0.1, 0.15) is 23.7 Å². The van der Waals surface area contributed by atoms with Gasteiger partial charge < -0.3 is 24.6 Å². The van der Waals surface area contributed by atoms with Gasteiger partial charge in [-0.05, 0) is 56.6 Å². The molecule has 0 amide bonds. The second-order valence-corrected chi connectivity index (χ2v) is 8.86. The highest BCUT2D eigenvalue weighted by Crippen LogP contribution is 2.30. The molecule has 0 aliphatic carbocycles. The van der Waals surface area contributed by atoms with Gasteiger partial charge >= 0.3 is 0 Å². The summed E-state index contributed by atoms with van der Waals surface area (Å²) >= 11 is 0. The molecule has 1 N–H and O–H groups in total. The van der Waals surface area contributed by atoms with E-state index in [0.29, 0.717) is 35.1 Å². The van der Waals surface area contributed by atoms with E-state index in [2.05, 4.69) is 37.3 Å². The molecular weight excluding hydrogens is 459 g/mol. The van der Waals surface area contributed by atoms with E-state index in [0.717, 1.165) is 49.6 Å². The van der Waals surface area contributed by atoms with Gasteiger partial charge in [-0.25, -0.2) is 14.4 Å². The third kappa shape index (κ3) is 5.53. The highest BCUT2D eigenvalue weighted by molar-refractivity contribution is 5.91.